The van der Waals surface area contributed by atoms with Crippen LogP contribution in [0, 0.1) is 0 Å². The van der Waals surface area contributed by atoms with Crippen molar-refractivity contribution in [2.24, 2.45) is 0 Å². The van der Waals surface area contributed by atoms with Gasteiger partial charge in [0, 0.05) is 37.4 Å². The maximum Gasteiger partial charge on any atom is 0.254 e. The summed E-state index contributed by atoms with van der Waals surface area (Å²) in [4.78, 5) is 29.3. The summed E-state index contributed by atoms with van der Waals surface area (Å²) >= 11 is 0. The van der Waals surface area contributed by atoms with Gasteiger partial charge in [0.15, 0.2) is 0 Å². The minimum absolute atomic E-state index is 0.00753. The molecule has 0 unspecified atom stereocenters. The first-order chi connectivity index (χ1) is 15.0. The Morgan fingerprint density at radius 1 is 1.29 bits per heavy atom. The number of likely N-dealkylation sites (N-methyl/N-ethyl adjacent to an activating group) is 1. The van der Waals surface area contributed by atoms with E-state index in [2.05, 4.69) is 39.1 Å². The summed E-state index contributed by atoms with van der Waals surface area (Å²) in [5.41, 5.74) is 1.93. The molecule has 4 rings (SSSR count). The molecule has 0 aliphatic carbocycles. The average molecular weight is 425 g/mol. The van der Waals surface area contributed by atoms with Crippen molar-refractivity contribution in [3.63, 3.8) is 0 Å². The molecular formula is C22H28N6O3. The van der Waals surface area contributed by atoms with E-state index in [0.29, 0.717) is 47.6 Å². The number of piperazine rings is 1. The third-order valence-corrected chi connectivity index (χ3v) is 5.45. The van der Waals surface area contributed by atoms with Crippen molar-refractivity contribution in [3.05, 3.63) is 36.0 Å². The van der Waals surface area contributed by atoms with Crippen molar-refractivity contribution in [2.75, 3.05) is 45.7 Å². The fraction of sp³-hybridized carbons (Fsp3) is 0.409. The molecule has 1 aliphatic heterocycles. The molecule has 1 aromatic carbocycles. The molecule has 2 aromatic heterocycles. The standard InChI is InChI=1S/C22H28N6O3/c1-5-31-20-16-8-9-23-19(16)25-22(26-20)24-17-7-6-15(12-18(17)30-4)21(29)28-11-10-27(3)13-14(28)2/h6-9,12,14H,5,10-11,13H2,1-4H3,(H2,23,24,25,26)/t14-/m0/s1. The Morgan fingerprint density at radius 3 is 2.87 bits per heavy atom. The van der Waals surface area contributed by atoms with E-state index < -0.39 is 0 Å². The van der Waals surface area contributed by atoms with Gasteiger partial charge >= 0.3 is 0 Å². The highest BCUT2D eigenvalue weighted by molar-refractivity contribution is 5.95. The second-order valence-corrected chi connectivity index (χ2v) is 7.68. The number of aromatic amines is 1. The van der Waals surface area contributed by atoms with Gasteiger partial charge in [0.1, 0.15) is 11.4 Å². The van der Waals surface area contributed by atoms with Gasteiger partial charge in [-0.05, 0) is 45.2 Å². The van der Waals surface area contributed by atoms with Crippen LogP contribution in [0.4, 0.5) is 11.6 Å². The van der Waals surface area contributed by atoms with Crippen molar-refractivity contribution in [1.29, 1.82) is 0 Å². The van der Waals surface area contributed by atoms with Crippen LogP contribution >= 0.6 is 0 Å². The number of fused-ring (bicyclic) bond motifs is 1. The Balaban J connectivity index is 1.59. The first kappa shape index (κ1) is 20.9. The molecule has 0 radical (unpaired) electrons. The van der Waals surface area contributed by atoms with Crippen LogP contribution in [0.25, 0.3) is 11.0 Å². The average Bonchev–Trinajstić information content (AvgIpc) is 3.23. The van der Waals surface area contributed by atoms with Crippen LogP contribution in [-0.2, 0) is 0 Å². The lowest BCUT2D eigenvalue weighted by Gasteiger charge is -2.38. The van der Waals surface area contributed by atoms with Gasteiger partial charge in [-0.15, -0.1) is 0 Å². The first-order valence-corrected chi connectivity index (χ1v) is 10.4. The molecule has 3 aromatic rings. The van der Waals surface area contributed by atoms with E-state index in [4.69, 9.17) is 9.47 Å². The molecule has 1 amide bonds. The van der Waals surface area contributed by atoms with Gasteiger partial charge in [0.05, 0.1) is 24.8 Å². The minimum atomic E-state index is 0.00753. The highest BCUT2D eigenvalue weighted by Gasteiger charge is 2.27. The van der Waals surface area contributed by atoms with Crippen molar-refractivity contribution < 1.29 is 14.3 Å². The number of H-pyrrole nitrogens is 1. The lowest BCUT2D eigenvalue weighted by atomic mass is 10.1. The number of anilines is 2. The van der Waals surface area contributed by atoms with Gasteiger partial charge in [0.25, 0.3) is 5.91 Å². The summed E-state index contributed by atoms with van der Waals surface area (Å²) in [6.45, 7) is 6.93. The summed E-state index contributed by atoms with van der Waals surface area (Å²) in [6.07, 6.45) is 1.80. The van der Waals surface area contributed by atoms with E-state index in [0.717, 1.165) is 18.5 Å². The maximum atomic E-state index is 13.1. The number of rotatable bonds is 6. The molecule has 31 heavy (non-hydrogen) atoms. The number of nitrogens with one attached hydrogen (secondary N) is 2. The molecule has 0 bridgehead atoms. The van der Waals surface area contributed by atoms with E-state index in [1.165, 1.54) is 0 Å². The molecule has 3 heterocycles. The topological polar surface area (TPSA) is 95.6 Å². The molecular weight excluding hydrogens is 396 g/mol. The Bertz CT molecular complexity index is 1080. The SMILES string of the molecule is CCOc1nc(Nc2ccc(C(=O)N3CCN(C)C[C@@H]3C)cc2OC)nc2[nH]ccc12. The quantitative estimate of drug-likeness (QED) is 0.628. The van der Waals surface area contributed by atoms with E-state index in [1.807, 2.05) is 24.0 Å². The first-order valence-electron chi connectivity index (χ1n) is 10.4. The molecule has 1 fully saturated rings. The molecule has 0 spiro atoms. The summed E-state index contributed by atoms with van der Waals surface area (Å²) in [5.74, 6) is 1.43. The zero-order chi connectivity index (χ0) is 22.0. The molecule has 1 atom stereocenters. The van der Waals surface area contributed by atoms with Crippen LogP contribution < -0.4 is 14.8 Å². The number of benzene rings is 1. The van der Waals surface area contributed by atoms with Crippen LogP contribution in [-0.4, -0.2) is 77.1 Å². The summed E-state index contributed by atoms with van der Waals surface area (Å²) in [5, 5.41) is 4.01. The fourth-order valence-corrected chi connectivity index (χ4v) is 3.87. The smallest absolute Gasteiger partial charge is 0.254 e. The third-order valence-electron chi connectivity index (χ3n) is 5.45. The normalized spacial score (nSPS) is 17.0. The number of carbonyl (C=O) groups is 1. The fourth-order valence-electron chi connectivity index (χ4n) is 3.87. The Labute approximate surface area is 181 Å². The van der Waals surface area contributed by atoms with Crippen LogP contribution in [0.15, 0.2) is 30.5 Å². The number of aromatic nitrogens is 3. The van der Waals surface area contributed by atoms with Gasteiger partial charge in [0.2, 0.25) is 11.8 Å². The highest BCUT2D eigenvalue weighted by atomic mass is 16.5. The summed E-state index contributed by atoms with van der Waals surface area (Å²) in [6, 6.07) is 7.41. The molecule has 0 saturated carbocycles. The summed E-state index contributed by atoms with van der Waals surface area (Å²) in [7, 11) is 3.65. The zero-order valence-corrected chi connectivity index (χ0v) is 18.3. The van der Waals surface area contributed by atoms with Crippen molar-refractivity contribution in [2.45, 2.75) is 19.9 Å². The number of hydrogen-bond donors (Lipinski definition) is 2. The van der Waals surface area contributed by atoms with Gasteiger partial charge in [-0.2, -0.15) is 9.97 Å². The molecule has 2 N–H and O–H groups in total. The Kier molecular flexibility index (Phi) is 5.94. The highest BCUT2D eigenvalue weighted by Crippen LogP contribution is 2.30. The lowest BCUT2D eigenvalue weighted by Crippen LogP contribution is -2.52. The minimum Gasteiger partial charge on any atom is -0.495 e. The van der Waals surface area contributed by atoms with Crippen LogP contribution in [0.2, 0.25) is 0 Å². The van der Waals surface area contributed by atoms with Gasteiger partial charge < -0.3 is 29.6 Å². The number of amides is 1. The third kappa shape index (κ3) is 4.27. The second kappa shape index (κ2) is 8.81. The van der Waals surface area contributed by atoms with Crippen LogP contribution in [0.5, 0.6) is 11.6 Å². The van der Waals surface area contributed by atoms with Crippen LogP contribution in [0.1, 0.15) is 24.2 Å². The van der Waals surface area contributed by atoms with Crippen LogP contribution in [0.3, 0.4) is 0 Å². The maximum absolute atomic E-state index is 13.1. The van der Waals surface area contributed by atoms with E-state index in [9.17, 15) is 4.79 Å². The van der Waals surface area contributed by atoms with Gasteiger partial charge in [-0.25, -0.2) is 0 Å². The monoisotopic (exact) mass is 424 g/mol. The molecule has 164 valence electrons. The van der Waals surface area contributed by atoms with Gasteiger partial charge in [-0.3, -0.25) is 4.79 Å². The van der Waals surface area contributed by atoms with E-state index in [1.54, 1.807) is 25.4 Å². The number of nitrogens with zero attached hydrogens (tertiary/aromatic N) is 4. The number of methoxy groups -OCH3 is 1. The van der Waals surface area contributed by atoms with Crippen molar-refractivity contribution in [3.8, 4) is 11.6 Å². The molecule has 1 saturated heterocycles. The Hall–Kier alpha value is -3.33. The number of ether oxygens (including phenoxy) is 2. The summed E-state index contributed by atoms with van der Waals surface area (Å²) < 4.78 is 11.2. The van der Waals surface area contributed by atoms with E-state index in [-0.39, 0.29) is 11.9 Å². The van der Waals surface area contributed by atoms with Crippen molar-refractivity contribution in [1.82, 2.24) is 24.8 Å². The van der Waals surface area contributed by atoms with Crippen molar-refractivity contribution >= 4 is 28.6 Å². The molecule has 1 aliphatic rings. The molecule has 9 heteroatoms. The predicted octanol–water partition coefficient (Wildman–Crippen LogP) is 2.88. The second-order valence-electron chi connectivity index (χ2n) is 7.68. The number of carbonyl (C=O) groups excluding carboxylic acids is 1. The van der Waals surface area contributed by atoms with Gasteiger partial charge in [-0.1, -0.05) is 0 Å². The lowest BCUT2D eigenvalue weighted by molar-refractivity contribution is 0.0533. The zero-order valence-electron chi connectivity index (χ0n) is 18.3. The number of hydrogen-bond acceptors (Lipinski definition) is 7. The Morgan fingerprint density at radius 2 is 2.13 bits per heavy atom. The largest absolute Gasteiger partial charge is 0.495 e. The molecule has 9 nitrogen and oxygen atoms in total. The predicted molar refractivity (Wildman–Crippen MR) is 119 cm³/mol. The van der Waals surface area contributed by atoms with E-state index >= 15 is 0 Å².